The van der Waals surface area contributed by atoms with Crippen LogP contribution in [0.4, 0.5) is 0 Å². The largest absolute Gasteiger partial charge is 0.319 e. The molecule has 96 valence electrons. The molecule has 0 aromatic carbocycles. The van der Waals surface area contributed by atoms with Crippen molar-refractivity contribution in [2.75, 3.05) is 13.6 Å². The van der Waals surface area contributed by atoms with Crippen LogP contribution in [0.3, 0.4) is 0 Å². The molecule has 1 aromatic heterocycles. The maximum Gasteiger partial charge on any atom is 0.0943 e. The topological polar surface area (TPSA) is 24.9 Å². The monoisotopic (exact) mass is 252 g/mol. The van der Waals surface area contributed by atoms with Gasteiger partial charge in [0.15, 0.2) is 0 Å². The van der Waals surface area contributed by atoms with E-state index in [4.69, 9.17) is 4.98 Å². The molecule has 0 atom stereocenters. The maximum atomic E-state index is 4.86. The molecular weight excluding hydrogens is 228 g/mol. The first kappa shape index (κ1) is 13.0. The molecule has 0 fully saturated rings. The summed E-state index contributed by atoms with van der Waals surface area (Å²) in [6, 6.07) is 0. The summed E-state index contributed by atoms with van der Waals surface area (Å²) >= 11 is 1.93. The molecular formula is C14H24N2S. The highest BCUT2D eigenvalue weighted by atomic mass is 32.1. The molecule has 0 unspecified atom stereocenters. The summed E-state index contributed by atoms with van der Waals surface area (Å²) in [7, 11) is 2.00. The van der Waals surface area contributed by atoms with Crippen LogP contribution < -0.4 is 5.32 Å². The van der Waals surface area contributed by atoms with Crippen LogP contribution in [0, 0.1) is 5.41 Å². The lowest BCUT2D eigenvalue weighted by Gasteiger charge is -2.39. The molecule has 0 saturated heterocycles. The van der Waals surface area contributed by atoms with Crippen molar-refractivity contribution in [3.8, 4) is 0 Å². The second kappa shape index (κ2) is 4.36. The minimum absolute atomic E-state index is 0.298. The lowest BCUT2D eigenvalue weighted by molar-refractivity contribution is 0.232. The SMILES string of the molecule is CNCCc1nc2c(s1)C(C)(C)CC(C)(C)C2. The number of thiazole rings is 1. The smallest absolute Gasteiger partial charge is 0.0943 e. The summed E-state index contributed by atoms with van der Waals surface area (Å²) in [6.07, 6.45) is 3.47. The van der Waals surface area contributed by atoms with Gasteiger partial charge in [0, 0.05) is 23.3 Å². The third kappa shape index (κ3) is 2.71. The zero-order valence-corrected chi connectivity index (χ0v) is 12.5. The highest BCUT2D eigenvalue weighted by molar-refractivity contribution is 7.11. The van der Waals surface area contributed by atoms with Crippen LogP contribution in [-0.4, -0.2) is 18.6 Å². The van der Waals surface area contributed by atoms with Crippen molar-refractivity contribution in [3.05, 3.63) is 15.6 Å². The molecule has 0 spiro atoms. The number of nitrogens with zero attached hydrogens (tertiary/aromatic N) is 1. The predicted molar refractivity (Wildman–Crippen MR) is 74.9 cm³/mol. The predicted octanol–water partition coefficient (Wildman–Crippen LogP) is 3.16. The number of fused-ring (bicyclic) bond motifs is 1. The molecule has 0 aliphatic heterocycles. The summed E-state index contributed by atoms with van der Waals surface area (Å²) in [5.41, 5.74) is 2.06. The van der Waals surface area contributed by atoms with E-state index in [0.29, 0.717) is 10.8 Å². The molecule has 0 radical (unpaired) electrons. The van der Waals surface area contributed by atoms with Crippen molar-refractivity contribution < 1.29 is 0 Å². The average Bonchev–Trinajstić information content (AvgIpc) is 2.55. The summed E-state index contributed by atoms with van der Waals surface area (Å²) in [5, 5.41) is 4.50. The number of likely N-dealkylation sites (N-methyl/N-ethyl adjacent to an activating group) is 1. The Morgan fingerprint density at radius 1 is 1.29 bits per heavy atom. The fourth-order valence-corrected chi connectivity index (χ4v) is 4.36. The van der Waals surface area contributed by atoms with Gasteiger partial charge in [-0.1, -0.05) is 27.7 Å². The Labute approximate surface area is 109 Å². The highest BCUT2D eigenvalue weighted by Crippen LogP contribution is 2.47. The van der Waals surface area contributed by atoms with Crippen LogP contribution in [0.25, 0.3) is 0 Å². The van der Waals surface area contributed by atoms with E-state index in [-0.39, 0.29) is 0 Å². The molecule has 1 aliphatic carbocycles. The van der Waals surface area contributed by atoms with Crippen molar-refractivity contribution in [2.24, 2.45) is 5.41 Å². The molecule has 1 heterocycles. The molecule has 3 heteroatoms. The van der Waals surface area contributed by atoms with Crippen molar-refractivity contribution in [1.29, 1.82) is 0 Å². The molecule has 1 aliphatic rings. The van der Waals surface area contributed by atoms with Gasteiger partial charge in [0.05, 0.1) is 10.7 Å². The van der Waals surface area contributed by atoms with E-state index < -0.39 is 0 Å². The third-order valence-electron chi connectivity index (χ3n) is 3.51. The lowest BCUT2D eigenvalue weighted by Crippen LogP contribution is -2.33. The Hall–Kier alpha value is -0.410. The summed E-state index contributed by atoms with van der Waals surface area (Å²) < 4.78 is 0. The Kier molecular flexibility index (Phi) is 3.34. The van der Waals surface area contributed by atoms with Crippen LogP contribution in [0.1, 0.15) is 49.7 Å². The Morgan fingerprint density at radius 2 is 2.00 bits per heavy atom. The average molecular weight is 252 g/mol. The Morgan fingerprint density at radius 3 is 2.65 bits per heavy atom. The molecule has 0 bridgehead atoms. The molecule has 0 amide bonds. The van der Waals surface area contributed by atoms with E-state index >= 15 is 0 Å². The van der Waals surface area contributed by atoms with Gasteiger partial charge in [-0.25, -0.2) is 4.98 Å². The van der Waals surface area contributed by atoms with Gasteiger partial charge in [-0.05, 0) is 25.3 Å². The molecule has 1 aromatic rings. The second-order valence-corrected chi connectivity index (χ2v) is 7.72. The quantitative estimate of drug-likeness (QED) is 0.894. The van der Waals surface area contributed by atoms with Crippen LogP contribution in [-0.2, 0) is 18.3 Å². The van der Waals surface area contributed by atoms with Gasteiger partial charge >= 0.3 is 0 Å². The van der Waals surface area contributed by atoms with Gasteiger partial charge in [0.25, 0.3) is 0 Å². The van der Waals surface area contributed by atoms with E-state index in [9.17, 15) is 0 Å². The molecule has 1 N–H and O–H groups in total. The summed E-state index contributed by atoms with van der Waals surface area (Å²) in [5.74, 6) is 0. The second-order valence-electron chi connectivity index (χ2n) is 6.64. The minimum atomic E-state index is 0.298. The van der Waals surface area contributed by atoms with E-state index in [1.807, 2.05) is 18.4 Å². The molecule has 2 nitrogen and oxygen atoms in total. The number of nitrogens with one attached hydrogen (secondary N) is 1. The van der Waals surface area contributed by atoms with Crippen LogP contribution in [0.15, 0.2) is 0 Å². The number of rotatable bonds is 3. The van der Waals surface area contributed by atoms with Crippen molar-refractivity contribution in [1.82, 2.24) is 10.3 Å². The third-order valence-corrected chi connectivity index (χ3v) is 5.04. The standard InChI is InChI=1S/C14H24N2S/c1-13(2)8-10-12(14(3,4)9-13)17-11(16-10)6-7-15-5/h15H,6-9H2,1-5H3. The van der Waals surface area contributed by atoms with Gasteiger partial charge in [-0.3, -0.25) is 0 Å². The fourth-order valence-electron chi connectivity index (χ4n) is 3.18. The fraction of sp³-hybridized carbons (Fsp3) is 0.786. The summed E-state index contributed by atoms with van der Waals surface area (Å²) in [4.78, 5) is 6.39. The number of aromatic nitrogens is 1. The Balaban J connectivity index is 2.30. The maximum absolute atomic E-state index is 4.86. The molecule has 17 heavy (non-hydrogen) atoms. The van der Waals surface area contributed by atoms with Crippen molar-refractivity contribution in [2.45, 2.75) is 52.4 Å². The molecule has 2 rings (SSSR count). The van der Waals surface area contributed by atoms with E-state index in [0.717, 1.165) is 19.4 Å². The lowest BCUT2D eigenvalue weighted by atomic mass is 9.67. The van der Waals surface area contributed by atoms with Gasteiger partial charge in [-0.2, -0.15) is 0 Å². The van der Waals surface area contributed by atoms with Crippen LogP contribution in [0.2, 0.25) is 0 Å². The molecule has 0 saturated carbocycles. The van der Waals surface area contributed by atoms with Gasteiger partial charge in [0.1, 0.15) is 0 Å². The van der Waals surface area contributed by atoms with Crippen molar-refractivity contribution in [3.63, 3.8) is 0 Å². The van der Waals surface area contributed by atoms with E-state index in [1.54, 1.807) is 0 Å². The van der Waals surface area contributed by atoms with Gasteiger partial charge < -0.3 is 5.32 Å². The minimum Gasteiger partial charge on any atom is -0.319 e. The van der Waals surface area contributed by atoms with Crippen LogP contribution >= 0.6 is 11.3 Å². The zero-order chi connectivity index (χ0) is 12.7. The first-order valence-corrected chi connectivity index (χ1v) is 7.29. The van der Waals surface area contributed by atoms with Crippen molar-refractivity contribution >= 4 is 11.3 Å². The Bertz CT molecular complexity index is 404. The zero-order valence-electron chi connectivity index (χ0n) is 11.7. The first-order valence-electron chi connectivity index (χ1n) is 6.48. The first-order chi connectivity index (χ1) is 7.84. The normalized spacial score (nSPS) is 21.2. The summed E-state index contributed by atoms with van der Waals surface area (Å²) in [6.45, 7) is 10.5. The van der Waals surface area contributed by atoms with Crippen LogP contribution in [0.5, 0.6) is 0 Å². The van der Waals surface area contributed by atoms with Gasteiger partial charge in [-0.15, -0.1) is 11.3 Å². The highest BCUT2D eigenvalue weighted by Gasteiger charge is 2.39. The van der Waals surface area contributed by atoms with E-state index in [1.165, 1.54) is 22.0 Å². The number of hydrogen-bond donors (Lipinski definition) is 1. The number of hydrogen-bond acceptors (Lipinski definition) is 3. The van der Waals surface area contributed by atoms with Gasteiger partial charge in [0.2, 0.25) is 0 Å². The van der Waals surface area contributed by atoms with E-state index in [2.05, 4.69) is 33.0 Å².